The highest BCUT2D eigenvalue weighted by Gasteiger charge is 2.06. The second-order valence-corrected chi connectivity index (χ2v) is 4.88. The molecule has 0 bridgehead atoms. The summed E-state index contributed by atoms with van der Waals surface area (Å²) in [6, 6.07) is 5.74. The number of hydrogen-bond donors (Lipinski definition) is 2. The smallest absolute Gasteiger partial charge is 0.191 e. The van der Waals surface area contributed by atoms with Crippen LogP contribution in [0, 0.1) is 12.3 Å². The average molecular weight is 333 g/mol. The van der Waals surface area contributed by atoms with Gasteiger partial charge in [0, 0.05) is 33.4 Å². The number of guanidine groups is 1. The highest BCUT2D eigenvalue weighted by atomic mass is 16.5. The van der Waals surface area contributed by atoms with Crippen molar-refractivity contribution >= 4 is 5.96 Å². The molecule has 0 saturated heterocycles. The van der Waals surface area contributed by atoms with Gasteiger partial charge in [-0.3, -0.25) is 4.99 Å². The fourth-order valence-corrected chi connectivity index (χ4v) is 2.00. The Morgan fingerprint density at radius 1 is 1.29 bits per heavy atom. The number of nitrogens with one attached hydrogen (secondary N) is 2. The molecule has 0 spiro atoms. The molecule has 1 aromatic rings. The second-order valence-electron chi connectivity index (χ2n) is 4.88. The van der Waals surface area contributed by atoms with Crippen molar-refractivity contribution < 1.29 is 14.2 Å². The summed E-state index contributed by atoms with van der Waals surface area (Å²) in [5.41, 5.74) is 1.04. The Labute approximate surface area is 144 Å². The molecule has 0 heterocycles. The van der Waals surface area contributed by atoms with E-state index in [1.54, 1.807) is 14.2 Å². The van der Waals surface area contributed by atoms with Gasteiger partial charge in [0.2, 0.25) is 0 Å². The number of aliphatic imine (C=N–C) groups is 1. The van der Waals surface area contributed by atoms with Gasteiger partial charge in [-0.15, -0.1) is 6.42 Å². The minimum absolute atomic E-state index is 0.205. The fourth-order valence-electron chi connectivity index (χ4n) is 2.00. The fraction of sp³-hybridized carbons (Fsp3) is 0.500. The molecule has 0 aromatic heterocycles. The molecule has 0 aliphatic rings. The van der Waals surface area contributed by atoms with Crippen molar-refractivity contribution in [2.75, 3.05) is 40.5 Å². The van der Waals surface area contributed by atoms with Crippen LogP contribution in [0.1, 0.15) is 18.9 Å². The van der Waals surface area contributed by atoms with E-state index in [0.29, 0.717) is 18.0 Å². The molecule has 132 valence electrons. The third-order valence-electron chi connectivity index (χ3n) is 3.18. The molecule has 0 radical (unpaired) electrons. The summed E-state index contributed by atoms with van der Waals surface area (Å²) in [4.78, 5) is 4.20. The van der Waals surface area contributed by atoms with E-state index < -0.39 is 0 Å². The van der Waals surface area contributed by atoms with E-state index in [-0.39, 0.29) is 6.61 Å². The second kappa shape index (κ2) is 12.1. The topological polar surface area (TPSA) is 64.1 Å². The molecular weight excluding hydrogens is 306 g/mol. The van der Waals surface area contributed by atoms with Crippen LogP contribution in [0.3, 0.4) is 0 Å². The minimum atomic E-state index is 0.205. The van der Waals surface area contributed by atoms with Crippen LogP contribution < -0.4 is 20.1 Å². The van der Waals surface area contributed by atoms with E-state index in [4.69, 9.17) is 20.6 Å². The highest BCUT2D eigenvalue weighted by molar-refractivity contribution is 5.79. The lowest BCUT2D eigenvalue weighted by Gasteiger charge is -2.14. The predicted molar refractivity (Wildman–Crippen MR) is 96.6 cm³/mol. The maximum absolute atomic E-state index is 5.50. The molecule has 0 amide bonds. The zero-order valence-electron chi connectivity index (χ0n) is 14.7. The van der Waals surface area contributed by atoms with Crippen LogP contribution in [0.4, 0.5) is 0 Å². The predicted octanol–water partition coefficient (Wildman–Crippen LogP) is 1.80. The molecule has 1 rings (SSSR count). The van der Waals surface area contributed by atoms with Gasteiger partial charge in [0.25, 0.3) is 0 Å². The molecule has 0 saturated carbocycles. The standard InChI is InChI=1S/C18H27N3O3/c1-5-11-24-17-13-15(8-9-16(17)22-4)14-21-18(19-3)20-10-7-12-23-6-2/h1,8-9,13H,6-7,10-12,14H2,2-4H3,(H2,19,20,21). The minimum Gasteiger partial charge on any atom is -0.493 e. The van der Waals surface area contributed by atoms with Crippen molar-refractivity contribution in [3.05, 3.63) is 23.8 Å². The van der Waals surface area contributed by atoms with Gasteiger partial charge in [-0.2, -0.15) is 0 Å². The molecule has 0 aliphatic carbocycles. The van der Waals surface area contributed by atoms with Crippen molar-refractivity contribution in [3.63, 3.8) is 0 Å². The average Bonchev–Trinajstić information content (AvgIpc) is 2.62. The summed E-state index contributed by atoms with van der Waals surface area (Å²) in [5, 5.41) is 6.51. The van der Waals surface area contributed by atoms with Crippen molar-refractivity contribution in [2.45, 2.75) is 19.9 Å². The van der Waals surface area contributed by atoms with Crippen LogP contribution >= 0.6 is 0 Å². The first-order valence-corrected chi connectivity index (χ1v) is 8.00. The molecule has 2 N–H and O–H groups in total. The van der Waals surface area contributed by atoms with Crippen LogP contribution in [0.25, 0.3) is 0 Å². The van der Waals surface area contributed by atoms with Gasteiger partial charge < -0.3 is 24.8 Å². The lowest BCUT2D eigenvalue weighted by atomic mass is 10.2. The molecule has 6 heteroatoms. The first kappa shape index (κ1) is 19.7. The van der Waals surface area contributed by atoms with Gasteiger partial charge in [-0.1, -0.05) is 12.0 Å². The van der Waals surface area contributed by atoms with Crippen molar-refractivity contribution in [1.82, 2.24) is 10.6 Å². The maximum Gasteiger partial charge on any atom is 0.191 e. The van der Waals surface area contributed by atoms with Crippen molar-refractivity contribution in [2.24, 2.45) is 4.99 Å². The number of terminal acetylenes is 1. The first-order chi connectivity index (χ1) is 11.7. The zero-order valence-corrected chi connectivity index (χ0v) is 14.7. The summed E-state index contributed by atoms with van der Waals surface area (Å²) < 4.78 is 16.1. The van der Waals surface area contributed by atoms with Crippen LogP contribution in [-0.2, 0) is 11.3 Å². The quantitative estimate of drug-likeness (QED) is 0.296. The Balaban J connectivity index is 2.51. The van der Waals surface area contributed by atoms with Gasteiger partial charge in [0.1, 0.15) is 6.61 Å². The first-order valence-electron chi connectivity index (χ1n) is 8.00. The van der Waals surface area contributed by atoms with E-state index >= 15 is 0 Å². The number of hydrogen-bond acceptors (Lipinski definition) is 4. The number of nitrogens with zero attached hydrogens (tertiary/aromatic N) is 1. The Kier molecular flexibility index (Phi) is 9.90. The Morgan fingerprint density at radius 2 is 2.12 bits per heavy atom. The lowest BCUT2D eigenvalue weighted by molar-refractivity contribution is 0.145. The van der Waals surface area contributed by atoms with Gasteiger partial charge >= 0.3 is 0 Å². The van der Waals surface area contributed by atoms with Gasteiger partial charge in [-0.05, 0) is 31.0 Å². The third kappa shape index (κ3) is 7.25. The van der Waals surface area contributed by atoms with Crippen LogP contribution in [0.2, 0.25) is 0 Å². The molecule has 0 atom stereocenters. The van der Waals surface area contributed by atoms with Gasteiger partial charge in [0.15, 0.2) is 17.5 Å². The molecule has 0 aliphatic heterocycles. The summed E-state index contributed by atoms with van der Waals surface area (Å²) >= 11 is 0. The molecule has 6 nitrogen and oxygen atoms in total. The molecule has 0 fully saturated rings. The van der Waals surface area contributed by atoms with E-state index in [0.717, 1.165) is 37.7 Å². The number of benzene rings is 1. The monoisotopic (exact) mass is 333 g/mol. The lowest BCUT2D eigenvalue weighted by Crippen LogP contribution is -2.37. The van der Waals surface area contributed by atoms with Crippen molar-refractivity contribution in [3.8, 4) is 23.8 Å². The Morgan fingerprint density at radius 3 is 2.79 bits per heavy atom. The normalized spacial score (nSPS) is 10.8. The highest BCUT2D eigenvalue weighted by Crippen LogP contribution is 2.27. The third-order valence-corrected chi connectivity index (χ3v) is 3.18. The molecule has 1 aromatic carbocycles. The summed E-state index contributed by atoms with van der Waals surface area (Å²) in [6.07, 6.45) is 6.17. The summed E-state index contributed by atoms with van der Waals surface area (Å²) in [5.74, 6) is 4.49. The van der Waals surface area contributed by atoms with Gasteiger partial charge in [-0.25, -0.2) is 0 Å². The zero-order chi connectivity index (χ0) is 17.6. The van der Waals surface area contributed by atoms with Gasteiger partial charge in [0.05, 0.1) is 7.11 Å². The largest absolute Gasteiger partial charge is 0.493 e. The van der Waals surface area contributed by atoms with E-state index in [1.165, 1.54) is 0 Å². The SMILES string of the molecule is C#CCOc1cc(CNC(=NC)NCCCOCC)ccc1OC. The number of ether oxygens (including phenoxy) is 3. The van der Waals surface area contributed by atoms with Crippen LogP contribution in [0.15, 0.2) is 23.2 Å². The Bertz CT molecular complexity index is 553. The summed E-state index contributed by atoms with van der Waals surface area (Å²) in [7, 11) is 3.34. The van der Waals surface area contributed by atoms with Crippen LogP contribution in [-0.4, -0.2) is 46.5 Å². The number of rotatable bonds is 10. The van der Waals surface area contributed by atoms with E-state index in [2.05, 4.69) is 21.5 Å². The van der Waals surface area contributed by atoms with E-state index in [9.17, 15) is 0 Å². The summed E-state index contributed by atoms with van der Waals surface area (Å²) in [6.45, 7) is 5.10. The number of methoxy groups -OCH3 is 1. The molecular formula is C18H27N3O3. The molecule has 24 heavy (non-hydrogen) atoms. The van der Waals surface area contributed by atoms with Crippen molar-refractivity contribution in [1.29, 1.82) is 0 Å². The van der Waals surface area contributed by atoms with Crippen LogP contribution in [0.5, 0.6) is 11.5 Å². The Hall–Kier alpha value is -2.39. The molecule has 0 unspecified atom stereocenters. The maximum atomic E-state index is 5.50. The van der Waals surface area contributed by atoms with E-state index in [1.807, 2.05) is 25.1 Å².